The molecule has 0 aromatic rings. The van der Waals surface area contributed by atoms with Crippen LogP contribution in [0.5, 0.6) is 0 Å². The molecule has 2 atom stereocenters. The van der Waals surface area contributed by atoms with E-state index in [9.17, 15) is 9.59 Å². The van der Waals surface area contributed by atoms with Crippen LogP contribution in [0, 0.1) is 0 Å². The van der Waals surface area contributed by atoms with Crippen molar-refractivity contribution in [3.63, 3.8) is 0 Å². The molecule has 2 aliphatic heterocycles. The second kappa shape index (κ2) is 5.69. The first kappa shape index (κ1) is 13.3. The maximum atomic E-state index is 12.3. The van der Waals surface area contributed by atoms with E-state index in [1.165, 1.54) is 0 Å². The minimum Gasteiger partial charge on any atom is -0.378 e. The van der Waals surface area contributed by atoms with Crippen LogP contribution < -0.4 is 0 Å². The number of nitrogens with zero attached hydrogens (tertiary/aromatic N) is 2. The predicted molar refractivity (Wildman–Crippen MR) is 67.0 cm³/mol. The summed E-state index contributed by atoms with van der Waals surface area (Å²) in [4.78, 5) is 27.9. The monoisotopic (exact) mass is 254 g/mol. The number of ether oxygens (including phenoxy) is 1. The highest BCUT2D eigenvalue weighted by molar-refractivity contribution is 6.35. The molecule has 5 nitrogen and oxygen atoms in total. The fourth-order valence-electron chi connectivity index (χ4n) is 2.83. The van der Waals surface area contributed by atoms with Gasteiger partial charge in [0.2, 0.25) is 0 Å². The van der Waals surface area contributed by atoms with Gasteiger partial charge in [-0.05, 0) is 33.1 Å². The molecule has 2 aliphatic rings. The summed E-state index contributed by atoms with van der Waals surface area (Å²) < 4.78 is 5.20. The average molecular weight is 254 g/mol. The number of piperidine rings is 1. The number of likely N-dealkylation sites (tertiary alicyclic amines) is 1. The predicted octanol–water partition coefficient (Wildman–Crippen LogP) is 0.635. The van der Waals surface area contributed by atoms with E-state index in [1.807, 2.05) is 13.8 Å². The van der Waals surface area contributed by atoms with Crippen molar-refractivity contribution in [3.05, 3.63) is 0 Å². The van der Waals surface area contributed by atoms with Crippen molar-refractivity contribution in [1.29, 1.82) is 0 Å². The van der Waals surface area contributed by atoms with Crippen LogP contribution in [-0.4, -0.2) is 60.0 Å². The Bertz CT molecular complexity index is 316. The van der Waals surface area contributed by atoms with Crippen molar-refractivity contribution in [2.24, 2.45) is 0 Å². The van der Waals surface area contributed by atoms with Crippen molar-refractivity contribution < 1.29 is 14.3 Å². The highest BCUT2D eigenvalue weighted by Crippen LogP contribution is 2.23. The van der Waals surface area contributed by atoms with Gasteiger partial charge in [-0.1, -0.05) is 0 Å². The van der Waals surface area contributed by atoms with Gasteiger partial charge in [-0.2, -0.15) is 0 Å². The Hall–Kier alpha value is -1.10. The summed E-state index contributed by atoms with van der Waals surface area (Å²) in [5.41, 5.74) is 0. The minimum atomic E-state index is -0.362. The summed E-state index contributed by atoms with van der Waals surface area (Å²) >= 11 is 0. The topological polar surface area (TPSA) is 49.9 Å². The molecule has 2 heterocycles. The van der Waals surface area contributed by atoms with Gasteiger partial charge in [-0.25, -0.2) is 0 Å². The SMILES string of the molecule is CC1CCCC(C)N1C(=O)C(=O)N1CCOCC1. The molecule has 0 aliphatic carbocycles. The standard InChI is InChI=1S/C13H22N2O3/c1-10-4-3-5-11(2)15(10)13(17)12(16)14-6-8-18-9-7-14/h10-11H,3-9H2,1-2H3. The summed E-state index contributed by atoms with van der Waals surface area (Å²) in [7, 11) is 0. The summed E-state index contributed by atoms with van der Waals surface area (Å²) in [6.07, 6.45) is 3.12. The van der Waals surface area contributed by atoms with Gasteiger partial charge in [0.1, 0.15) is 0 Å². The van der Waals surface area contributed by atoms with Crippen molar-refractivity contribution >= 4 is 11.8 Å². The molecule has 18 heavy (non-hydrogen) atoms. The van der Waals surface area contributed by atoms with E-state index in [2.05, 4.69) is 0 Å². The van der Waals surface area contributed by atoms with E-state index in [4.69, 9.17) is 4.74 Å². The van der Waals surface area contributed by atoms with Crippen LogP contribution in [-0.2, 0) is 14.3 Å². The van der Waals surface area contributed by atoms with E-state index in [1.54, 1.807) is 9.80 Å². The number of hydrogen-bond acceptors (Lipinski definition) is 3. The number of rotatable bonds is 0. The lowest BCUT2D eigenvalue weighted by atomic mass is 9.97. The molecule has 0 N–H and O–H groups in total. The van der Waals surface area contributed by atoms with E-state index in [0.29, 0.717) is 26.3 Å². The molecule has 2 fully saturated rings. The van der Waals surface area contributed by atoms with Crippen LogP contribution in [0.1, 0.15) is 33.1 Å². The lowest BCUT2D eigenvalue weighted by Gasteiger charge is -2.39. The second-order valence-electron chi connectivity index (χ2n) is 5.25. The summed E-state index contributed by atoms with van der Waals surface area (Å²) in [5.74, 6) is -0.699. The number of carbonyl (C=O) groups excluding carboxylic acids is 2. The summed E-state index contributed by atoms with van der Waals surface area (Å²) in [6.45, 7) is 6.18. The zero-order chi connectivity index (χ0) is 13.1. The Morgan fingerprint density at radius 3 is 2.11 bits per heavy atom. The Labute approximate surface area is 108 Å². The Balaban J connectivity index is 2.02. The van der Waals surface area contributed by atoms with E-state index in [-0.39, 0.29) is 23.9 Å². The zero-order valence-electron chi connectivity index (χ0n) is 11.2. The van der Waals surface area contributed by atoms with Crippen LogP contribution in [0.3, 0.4) is 0 Å². The maximum absolute atomic E-state index is 12.3. The van der Waals surface area contributed by atoms with Crippen molar-refractivity contribution in [1.82, 2.24) is 9.80 Å². The quantitative estimate of drug-likeness (QED) is 0.596. The molecule has 2 saturated heterocycles. The fourth-order valence-corrected chi connectivity index (χ4v) is 2.83. The molecular weight excluding hydrogens is 232 g/mol. The first-order valence-corrected chi connectivity index (χ1v) is 6.80. The summed E-state index contributed by atoms with van der Waals surface area (Å²) in [6, 6.07) is 0.345. The number of amides is 2. The van der Waals surface area contributed by atoms with Crippen molar-refractivity contribution in [2.45, 2.75) is 45.2 Å². The van der Waals surface area contributed by atoms with Crippen molar-refractivity contribution in [3.8, 4) is 0 Å². The molecule has 2 rings (SSSR count). The zero-order valence-corrected chi connectivity index (χ0v) is 11.2. The number of hydrogen-bond donors (Lipinski definition) is 0. The van der Waals surface area contributed by atoms with Crippen LogP contribution in [0.25, 0.3) is 0 Å². The van der Waals surface area contributed by atoms with Gasteiger partial charge >= 0.3 is 11.8 Å². The third kappa shape index (κ3) is 2.66. The molecule has 0 spiro atoms. The Morgan fingerprint density at radius 2 is 1.56 bits per heavy atom. The molecule has 0 bridgehead atoms. The van der Waals surface area contributed by atoms with Crippen LogP contribution in [0.4, 0.5) is 0 Å². The maximum Gasteiger partial charge on any atom is 0.312 e. The molecule has 2 amide bonds. The van der Waals surface area contributed by atoms with E-state index in [0.717, 1.165) is 19.3 Å². The normalized spacial score (nSPS) is 29.2. The van der Waals surface area contributed by atoms with E-state index >= 15 is 0 Å². The van der Waals surface area contributed by atoms with Gasteiger partial charge in [-0.3, -0.25) is 9.59 Å². The molecule has 0 aromatic carbocycles. The van der Waals surface area contributed by atoms with Crippen LogP contribution >= 0.6 is 0 Å². The van der Waals surface area contributed by atoms with Crippen LogP contribution in [0.2, 0.25) is 0 Å². The fraction of sp³-hybridized carbons (Fsp3) is 0.846. The number of carbonyl (C=O) groups is 2. The molecule has 0 saturated carbocycles. The molecule has 5 heteroatoms. The van der Waals surface area contributed by atoms with Gasteiger partial charge in [0, 0.05) is 25.2 Å². The molecular formula is C13H22N2O3. The number of morpholine rings is 1. The van der Waals surface area contributed by atoms with Crippen molar-refractivity contribution in [2.75, 3.05) is 26.3 Å². The summed E-state index contributed by atoms with van der Waals surface area (Å²) in [5, 5.41) is 0. The van der Waals surface area contributed by atoms with Gasteiger partial charge in [0.15, 0.2) is 0 Å². The largest absolute Gasteiger partial charge is 0.378 e. The highest BCUT2D eigenvalue weighted by atomic mass is 16.5. The van der Waals surface area contributed by atoms with Gasteiger partial charge in [0.05, 0.1) is 13.2 Å². The Morgan fingerprint density at radius 1 is 1.00 bits per heavy atom. The first-order chi connectivity index (χ1) is 8.61. The van der Waals surface area contributed by atoms with E-state index < -0.39 is 0 Å². The second-order valence-corrected chi connectivity index (χ2v) is 5.25. The van der Waals surface area contributed by atoms with Gasteiger partial charge in [-0.15, -0.1) is 0 Å². The van der Waals surface area contributed by atoms with Crippen LogP contribution in [0.15, 0.2) is 0 Å². The van der Waals surface area contributed by atoms with Gasteiger partial charge in [0.25, 0.3) is 0 Å². The first-order valence-electron chi connectivity index (χ1n) is 6.80. The Kier molecular flexibility index (Phi) is 4.22. The molecule has 0 aromatic heterocycles. The minimum absolute atomic E-state index is 0.172. The molecule has 2 unspecified atom stereocenters. The molecule has 102 valence electrons. The smallest absolute Gasteiger partial charge is 0.312 e. The lowest BCUT2D eigenvalue weighted by Crippen LogP contribution is -2.55. The average Bonchev–Trinajstić information content (AvgIpc) is 2.38. The molecule has 0 radical (unpaired) electrons. The highest BCUT2D eigenvalue weighted by Gasteiger charge is 2.35. The van der Waals surface area contributed by atoms with Gasteiger partial charge < -0.3 is 14.5 Å². The third-order valence-corrected chi connectivity index (χ3v) is 3.91. The lowest BCUT2D eigenvalue weighted by molar-refractivity contribution is -0.157. The third-order valence-electron chi connectivity index (χ3n) is 3.91.